The maximum atomic E-state index is 13.0. The van der Waals surface area contributed by atoms with Crippen molar-refractivity contribution in [1.82, 2.24) is 9.88 Å². The highest BCUT2D eigenvalue weighted by molar-refractivity contribution is 7.79. The number of carbonyl (C=O) groups is 1. The van der Waals surface area contributed by atoms with Gasteiger partial charge in [0.2, 0.25) is 10.4 Å². The summed E-state index contributed by atoms with van der Waals surface area (Å²) in [5.41, 5.74) is 2.36. The van der Waals surface area contributed by atoms with E-state index in [0.29, 0.717) is 17.2 Å². The van der Waals surface area contributed by atoms with Crippen LogP contribution in [0.1, 0.15) is 10.5 Å². The number of likely N-dealkylation sites (N-methyl/N-ethyl adjacent to an activating group) is 1. The SMILES string of the molecule is C[N+]1(C)CCN(C(=O)c2cc(-c3ccc(Oc4ccc(F)cc4)cc3)ccn2)CC1.O=S(=O)([O-])O. The Morgan fingerprint density at radius 3 is 2.06 bits per heavy atom. The molecule has 1 N–H and O–H groups in total. The highest BCUT2D eigenvalue weighted by Gasteiger charge is 2.28. The van der Waals surface area contributed by atoms with Crippen LogP contribution < -0.4 is 4.74 Å². The Morgan fingerprint density at radius 1 is 1.00 bits per heavy atom. The van der Waals surface area contributed by atoms with Crippen LogP contribution >= 0.6 is 0 Å². The highest BCUT2D eigenvalue weighted by Crippen LogP contribution is 2.26. The van der Waals surface area contributed by atoms with Gasteiger partial charge >= 0.3 is 0 Å². The second-order valence-electron chi connectivity index (χ2n) is 8.61. The van der Waals surface area contributed by atoms with Crippen LogP contribution in [0.4, 0.5) is 4.39 Å². The molecule has 11 heteroatoms. The standard InChI is InChI=1S/C24H25FN3O2.H2O4S/c1-28(2)15-13-27(14-16-28)24(29)23-17-19(11-12-26-23)18-3-7-21(8-4-18)30-22-9-5-20(25)6-10-22;1-5(2,3)4/h3-12,17H,13-16H2,1-2H3;(H2,1,2,3,4)/q+1;/p-1. The molecule has 2 aromatic carbocycles. The summed E-state index contributed by atoms with van der Waals surface area (Å²) in [5.74, 6) is 0.912. The average molecular weight is 504 g/mol. The van der Waals surface area contributed by atoms with Crippen molar-refractivity contribution in [1.29, 1.82) is 0 Å². The number of hydrogen-bond donors (Lipinski definition) is 1. The molecule has 9 nitrogen and oxygen atoms in total. The summed E-state index contributed by atoms with van der Waals surface area (Å²) in [6.45, 7) is 3.38. The summed E-state index contributed by atoms with van der Waals surface area (Å²) in [4.78, 5) is 19.1. The lowest BCUT2D eigenvalue weighted by Gasteiger charge is -2.38. The Balaban J connectivity index is 0.000000623. The number of pyridine rings is 1. The Kier molecular flexibility index (Phi) is 8.18. The van der Waals surface area contributed by atoms with E-state index >= 15 is 0 Å². The van der Waals surface area contributed by atoms with Crippen molar-refractivity contribution in [2.24, 2.45) is 0 Å². The zero-order valence-electron chi connectivity index (χ0n) is 19.3. The van der Waals surface area contributed by atoms with Gasteiger partial charge in [0.25, 0.3) is 5.91 Å². The van der Waals surface area contributed by atoms with Crippen LogP contribution in [0, 0.1) is 5.82 Å². The van der Waals surface area contributed by atoms with E-state index in [1.807, 2.05) is 41.3 Å². The van der Waals surface area contributed by atoms with Crippen molar-refractivity contribution in [2.45, 2.75) is 0 Å². The van der Waals surface area contributed by atoms with Crippen molar-refractivity contribution < 1.29 is 35.9 Å². The summed E-state index contributed by atoms with van der Waals surface area (Å²) in [7, 11) is -0.547. The van der Waals surface area contributed by atoms with Gasteiger partial charge in [-0.1, -0.05) is 12.1 Å². The molecule has 1 aliphatic rings. The van der Waals surface area contributed by atoms with Crippen molar-refractivity contribution in [3.05, 3.63) is 78.4 Å². The Morgan fingerprint density at radius 2 is 1.51 bits per heavy atom. The van der Waals surface area contributed by atoms with Crippen LogP contribution in [0.5, 0.6) is 11.5 Å². The molecule has 0 atom stereocenters. The predicted octanol–water partition coefficient (Wildman–Crippen LogP) is 3.22. The van der Waals surface area contributed by atoms with Crippen LogP contribution in [0.2, 0.25) is 0 Å². The third-order valence-corrected chi connectivity index (χ3v) is 5.45. The summed E-state index contributed by atoms with van der Waals surface area (Å²) >= 11 is 0. The van der Waals surface area contributed by atoms with Gasteiger partial charge in [-0.3, -0.25) is 14.3 Å². The molecule has 1 aromatic heterocycles. The number of rotatable bonds is 4. The molecule has 1 aliphatic heterocycles. The minimum Gasteiger partial charge on any atom is -0.726 e. The fourth-order valence-corrected chi connectivity index (χ4v) is 3.45. The Bertz CT molecular complexity index is 1250. The topological polar surface area (TPSA) is 120 Å². The van der Waals surface area contributed by atoms with E-state index in [0.717, 1.165) is 41.8 Å². The van der Waals surface area contributed by atoms with Gasteiger partial charge in [0.05, 0.1) is 40.3 Å². The quantitative estimate of drug-likeness (QED) is 0.330. The molecule has 1 saturated heterocycles. The monoisotopic (exact) mass is 503 g/mol. The molecule has 3 aromatic rings. The summed E-state index contributed by atoms with van der Waals surface area (Å²) in [6, 6.07) is 17.2. The maximum Gasteiger partial charge on any atom is 0.272 e. The lowest BCUT2D eigenvalue weighted by Crippen LogP contribution is -2.56. The van der Waals surface area contributed by atoms with Gasteiger partial charge in [-0.2, -0.15) is 0 Å². The van der Waals surface area contributed by atoms with Crippen molar-refractivity contribution in [2.75, 3.05) is 40.3 Å². The fraction of sp³-hybridized carbons (Fsp3) is 0.250. The van der Waals surface area contributed by atoms with E-state index in [4.69, 9.17) is 22.3 Å². The van der Waals surface area contributed by atoms with Crippen molar-refractivity contribution in [3.8, 4) is 22.6 Å². The number of hydrogen-bond acceptors (Lipinski definition) is 6. The second kappa shape index (κ2) is 10.9. The first-order valence-electron chi connectivity index (χ1n) is 10.7. The molecule has 0 bridgehead atoms. The van der Waals surface area contributed by atoms with E-state index in [9.17, 15) is 9.18 Å². The number of piperazine rings is 1. The molecule has 0 unspecified atom stereocenters. The minimum absolute atomic E-state index is 0.0205. The maximum absolute atomic E-state index is 13.0. The molecule has 4 rings (SSSR count). The van der Waals surface area contributed by atoms with Crippen LogP contribution in [0.15, 0.2) is 66.9 Å². The summed E-state index contributed by atoms with van der Waals surface area (Å²) in [5, 5.41) is 0. The lowest BCUT2D eigenvalue weighted by molar-refractivity contribution is -0.894. The largest absolute Gasteiger partial charge is 0.726 e. The van der Waals surface area contributed by atoms with Gasteiger partial charge in [0.1, 0.15) is 23.0 Å². The first-order valence-corrected chi connectivity index (χ1v) is 12.1. The molecular weight excluding hydrogens is 477 g/mol. The van der Waals surface area contributed by atoms with Crippen LogP contribution in [-0.2, 0) is 10.4 Å². The molecule has 35 heavy (non-hydrogen) atoms. The first kappa shape index (κ1) is 26.2. The number of nitrogens with zero attached hydrogens (tertiary/aromatic N) is 3. The molecule has 1 fully saturated rings. The van der Waals surface area contributed by atoms with E-state index in [-0.39, 0.29) is 11.7 Å². The minimum atomic E-state index is -4.92. The van der Waals surface area contributed by atoms with Crippen molar-refractivity contribution in [3.63, 3.8) is 0 Å². The third kappa shape index (κ3) is 8.41. The van der Waals surface area contributed by atoms with Crippen LogP contribution in [0.3, 0.4) is 0 Å². The third-order valence-electron chi connectivity index (χ3n) is 5.45. The van der Waals surface area contributed by atoms with Gasteiger partial charge in [-0.05, 0) is 59.7 Å². The molecule has 1 amide bonds. The molecule has 0 aliphatic carbocycles. The van der Waals surface area contributed by atoms with Crippen LogP contribution in [0.25, 0.3) is 11.1 Å². The molecule has 0 saturated carbocycles. The fourth-order valence-electron chi connectivity index (χ4n) is 3.45. The van der Waals surface area contributed by atoms with E-state index in [2.05, 4.69) is 19.1 Å². The van der Waals surface area contributed by atoms with E-state index < -0.39 is 10.4 Å². The highest BCUT2D eigenvalue weighted by atomic mass is 32.3. The van der Waals surface area contributed by atoms with E-state index in [1.54, 1.807) is 18.3 Å². The number of ether oxygens (including phenoxy) is 1. The first-order chi connectivity index (χ1) is 16.4. The molecule has 0 spiro atoms. The number of amides is 1. The van der Waals surface area contributed by atoms with E-state index in [1.165, 1.54) is 12.1 Å². The Labute approximate surface area is 203 Å². The predicted molar refractivity (Wildman–Crippen MR) is 126 cm³/mol. The lowest BCUT2D eigenvalue weighted by atomic mass is 10.1. The smallest absolute Gasteiger partial charge is 0.272 e. The van der Waals surface area contributed by atoms with Gasteiger partial charge in [0.15, 0.2) is 0 Å². The molecule has 186 valence electrons. The number of halogens is 1. The number of benzene rings is 2. The number of aromatic nitrogens is 1. The van der Waals surface area contributed by atoms with Gasteiger partial charge in [-0.25, -0.2) is 12.8 Å². The summed E-state index contributed by atoms with van der Waals surface area (Å²) in [6.07, 6.45) is 1.68. The number of quaternary nitrogens is 1. The average Bonchev–Trinajstić information content (AvgIpc) is 2.80. The van der Waals surface area contributed by atoms with Gasteiger partial charge < -0.3 is 18.7 Å². The normalized spacial score (nSPS) is 15.1. The molecule has 0 radical (unpaired) electrons. The number of carbonyl (C=O) groups excluding carboxylic acids is 1. The van der Waals surface area contributed by atoms with Gasteiger partial charge in [0, 0.05) is 6.20 Å². The van der Waals surface area contributed by atoms with Gasteiger partial charge in [-0.15, -0.1) is 0 Å². The second-order valence-corrected chi connectivity index (χ2v) is 9.47. The molecule has 2 heterocycles. The zero-order valence-corrected chi connectivity index (χ0v) is 20.1. The molecular formula is C24H26FN3O6S. The van der Waals surface area contributed by atoms with Crippen LogP contribution in [-0.4, -0.2) is 78.1 Å². The summed E-state index contributed by atoms with van der Waals surface area (Å²) < 4.78 is 52.5. The zero-order chi connectivity index (χ0) is 25.6. The van der Waals surface area contributed by atoms with Crippen molar-refractivity contribution >= 4 is 16.3 Å². The Hall–Kier alpha value is -3.38.